The first-order valence-electron chi connectivity index (χ1n) is 8.56. The number of hydrogen-bond acceptors (Lipinski definition) is 5. The van der Waals surface area contributed by atoms with Gasteiger partial charge in [-0.25, -0.2) is 0 Å². The summed E-state index contributed by atoms with van der Waals surface area (Å²) in [5.74, 6) is 2.11. The number of furan rings is 1. The molecule has 1 aromatic heterocycles. The van der Waals surface area contributed by atoms with Crippen molar-refractivity contribution in [2.75, 3.05) is 13.2 Å². The van der Waals surface area contributed by atoms with E-state index in [0.29, 0.717) is 26.3 Å². The fourth-order valence-electron chi connectivity index (χ4n) is 2.31. The molecule has 0 aliphatic heterocycles. The second kappa shape index (κ2) is 9.74. The molecule has 0 spiro atoms. The summed E-state index contributed by atoms with van der Waals surface area (Å²) >= 11 is 0. The van der Waals surface area contributed by atoms with E-state index in [1.165, 1.54) is 0 Å². The molecule has 0 fully saturated rings. The smallest absolute Gasteiger partial charge is 0.237 e. The number of ether oxygens (including phenoxy) is 2. The van der Waals surface area contributed by atoms with Crippen molar-refractivity contribution in [3.63, 3.8) is 0 Å². The van der Waals surface area contributed by atoms with Crippen LogP contribution in [0.15, 0.2) is 41.0 Å². The minimum atomic E-state index is -0.322. The summed E-state index contributed by atoms with van der Waals surface area (Å²) in [5.41, 5.74) is 1.03. The molecule has 0 saturated carbocycles. The number of amides is 1. The normalized spacial score (nSPS) is 11.8. The van der Waals surface area contributed by atoms with Gasteiger partial charge in [0.2, 0.25) is 5.91 Å². The Morgan fingerprint density at radius 2 is 1.88 bits per heavy atom. The molecule has 6 heteroatoms. The van der Waals surface area contributed by atoms with Gasteiger partial charge in [-0.3, -0.25) is 4.79 Å². The van der Waals surface area contributed by atoms with Gasteiger partial charge in [-0.1, -0.05) is 6.07 Å². The largest absolute Gasteiger partial charge is 0.490 e. The minimum absolute atomic E-state index is 0.0765. The molecule has 6 nitrogen and oxygen atoms in total. The zero-order valence-electron chi connectivity index (χ0n) is 15.0. The van der Waals surface area contributed by atoms with Gasteiger partial charge in [0.05, 0.1) is 32.1 Å². The maximum Gasteiger partial charge on any atom is 0.237 e. The number of carbonyl (C=O) groups excluding carboxylic acids is 1. The Morgan fingerprint density at radius 3 is 2.56 bits per heavy atom. The highest BCUT2D eigenvalue weighted by molar-refractivity contribution is 5.81. The van der Waals surface area contributed by atoms with Crippen molar-refractivity contribution in [2.24, 2.45) is 0 Å². The topological polar surface area (TPSA) is 72.7 Å². The van der Waals surface area contributed by atoms with Crippen LogP contribution in [0.1, 0.15) is 32.1 Å². The van der Waals surface area contributed by atoms with Gasteiger partial charge in [0.1, 0.15) is 5.76 Å². The van der Waals surface area contributed by atoms with Crippen molar-refractivity contribution in [1.82, 2.24) is 10.6 Å². The fourth-order valence-corrected chi connectivity index (χ4v) is 2.31. The highest BCUT2D eigenvalue weighted by atomic mass is 16.5. The van der Waals surface area contributed by atoms with Crippen molar-refractivity contribution in [1.29, 1.82) is 0 Å². The minimum Gasteiger partial charge on any atom is -0.490 e. The third-order valence-electron chi connectivity index (χ3n) is 3.63. The highest BCUT2D eigenvalue weighted by Gasteiger charge is 2.13. The molecule has 0 bridgehead atoms. The van der Waals surface area contributed by atoms with Gasteiger partial charge in [0, 0.05) is 6.54 Å². The first-order chi connectivity index (χ1) is 12.1. The molecule has 1 amide bonds. The second-order valence-corrected chi connectivity index (χ2v) is 5.55. The Hall–Kier alpha value is -2.47. The van der Waals surface area contributed by atoms with Gasteiger partial charge < -0.3 is 24.5 Å². The van der Waals surface area contributed by atoms with Gasteiger partial charge >= 0.3 is 0 Å². The van der Waals surface area contributed by atoms with Gasteiger partial charge in [-0.2, -0.15) is 0 Å². The Kier molecular flexibility index (Phi) is 7.35. The molecule has 0 saturated heterocycles. The van der Waals surface area contributed by atoms with E-state index in [1.54, 1.807) is 12.3 Å². The summed E-state index contributed by atoms with van der Waals surface area (Å²) in [6.45, 7) is 7.81. The zero-order chi connectivity index (χ0) is 18.1. The van der Waals surface area contributed by atoms with Crippen molar-refractivity contribution in [2.45, 2.75) is 39.9 Å². The fraction of sp³-hybridized carbons (Fsp3) is 0.421. The van der Waals surface area contributed by atoms with Crippen LogP contribution >= 0.6 is 0 Å². The summed E-state index contributed by atoms with van der Waals surface area (Å²) in [6, 6.07) is 9.10. The van der Waals surface area contributed by atoms with Crippen LogP contribution in [0.25, 0.3) is 0 Å². The van der Waals surface area contributed by atoms with Gasteiger partial charge in [-0.15, -0.1) is 0 Å². The predicted octanol–water partition coefficient (Wildman–Crippen LogP) is 2.87. The van der Waals surface area contributed by atoms with Gasteiger partial charge in [0.25, 0.3) is 0 Å². The first-order valence-corrected chi connectivity index (χ1v) is 8.56. The van der Waals surface area contributed by atoms with E-state index in [2.05, 4.69) is 10.6 Å². The Morgan fingerprint density at radius 1 is 1.12 bits per heavy atom. The van der Waals surface area contributed by atoms with Crippen molar-refractivity contribution < 1.29 is 18.7 Å². The van der Waals surface area contributed by atoms with E-state index in [4.69, 9.17) is 13.9 Å². The summed E-state index contributed by atoms with van der Waals surface area (Å²) in [5, 5.41) is 6.05. The Labute approximate surface area is 148 Å². The van der Waals surface area contributed by atoms with E-state index in [-0.39, 0.29) is 11.9 Å². The van der Waals surface area contributed by atoms with E-state index in [0.717, 1.165) is 22.8 Å². The zero-order valence-corrected chi connectivity index (χ0v) is 15.0. The monoisotopic (exact) mass is 346 g/mol. The lowest BCUT2D eigenvalue weighted by Gasteiger charge is -2.15. The van der Waals surface area contributed by atoms with Crippen LogP contribution in [0.4, 0.5) is 0 Å². The molecule has 25 heavy (non-hydrogen) atoms. The number of hydrogen-bond donors (Lipinski definition) is 2. The summed E-state index contributed by atoms with van der Waals surface area (Å²) in [6.07, 6.45) is 1.59. The SMILES string of the molecule is CCOc1ccc(CNC(C)C(=O)NCc2ccco2)cc1OCC. The highest BCUT2D eigenvalue weighted by Crippen LogP contribution is 2.28. The molecule has 136 valence electrons. The van der Waals surface area contributed by atoms with E-state index >= 15 is 0 Å². The standard InChI is InChI=1S/C19H26N2O4/c1-4-23-17-9-8-15(11-18(17)24-5-2)12-20-14(3)19(22)21-13-16-7-6-10-25-16/h6-11,14,20H,4-5,12-13H2,1-3H3,(H,21,22). The molecule has 0 aliphatic rings. The van der Waals surface area contributed by atoms with Crippen LogP contribution in [-0.2, 0) is 17.9 Å². The maximum atomic E-state index is 12.1. The molecule has 1 atom stereocenters. The predicted molar refractivity (Wildman–Crippen MR) is 95.6 cm³/mol. The quantitative estimate of drug-likeness (QED) is 0.692. The molecule has 2 aromatic rings. The summed E-state index contributed by atoms with van der Waals surface area (Å²) < 4.78 is 16.4. The number of nitrogens with one attached hydrogen (secondary N) is 2. The number of rotatable bonds is 10. The average molecular weight is 346 g/mol. The third-order valence-corrected chi connectivity index (χ3v) is 3.63. The molecular formula is C19H26N2O4. The molecule has 2 N–H and O–H groups in total. The van der Waals surface area contributed by atoms with E-state index in [9.17, 15) is 4.79 Å². The Bertz CT molecular complexity index is 655. The first kappa shape index (κ1) is 18.9. The van der Waals surface area contributed by atoms with Crippen LogP contribution < -0.4 is 20.1 Å². The van der Waals surface area contributed by atoms with Crippen molar-refractivity contribution in [3.05, 3.63) is 47.9 Å². The molecular weight excluding hydrogens is 320 g/mol. The lowest BCUT2D eigenvalue weighted by atomic mass is 10.2. The van der Waals surface area contributed by atoms with Crippen LogP contribution in [0.2, 0.25) is 0 Å². The van der Waals surface area contributed by atoms with Crippen LogP contribution in [0, 0.1) is 0 Å². The molecule has 1 unspecified atom stereocenters. The second-order valence-electron chi connectivity index (χ2n) is 5.55. The lowest BCUT2D eigenvalue weighted by Crippen LogP contribution is -2.41. The number of benzene rings is 1. The van der Waals surface area contributed by atoms with E-state index in [1.807, 2.05) is 45.0 Å². The molecule has 0 aliphatic carbocycles. The molecule has 0 radical (unpaired) electrons. The van der Waals surface area contributed by atoms with Crippen LogP contribution in [-0.4, -0.2) is 25.2 Å². The lowest BCUT2D eigenvalue weighted by molar-refractivity contribution is -0.123. The molecule has 1 heterocycles. The average Bonchev–Trinajstić information content (AvgIpc) is 3.13. The molecule has 1 aromatic carbocycles. The van der Waals surface area contributed by atoms with E-state index < -0.39 is 0 Å². The van der Waals surface area contributed by atoms with Crippen LogP contribution in [0.3, 0.4) is 0 Å². The van der Waals surface area contributed by atoms with Crippen molar-refractivity contribution >= 4 is 5.91 Å². The van der Waals surface area contributed by atoms with Crippen molar-refractivity contribution in [3.8, 4) is 11.5 Å². The maximum absolute atomic E-state index is 12.1. The molecule has 2 rings (SSSR count). The summed E-state index contributed by atoms with van der Waals surface area (Å²) in [4.78, 5) is 12.1. The Balaban J connectivity index is 1.86. The van der Waals surface area contributed by atoms with Gasteiger partial charge in [0.15, 0.2) is 11.5 Å². The van der Waals surface area contributed by atoms with Crippen LogP contribution in [0.5, 0.6) is 11.5 Å². The summed E-state index contributed by atoms with van der Waals surface area (Å²) in [7, 11) is 0. The number of carbonyl (C=O) groups is 1. The van der Waals surface area contributed by atoms with Gasteiger partial charge in [-0.05, 0) is 50.6 Å². The third kappa shape index (κ3) is 5.83.